The van der Waals surface area contributed by atoms with Crippen LogP contribution in [-0.2, 0) is 9.53 Å². The molecule has 1 saturated carbocycles. The molecule has 2 aromatic rings. The van der Waals surface area contributed by atoms with Gasteiger partial charge in [0, 0.05) is 56.8 Å². The lowest BCUT2D eigenvalue weighted by Gasteiger charge is -2.36. The number of piperazine rings is 1. The van der Waals surface area contributed by atoms with Gasteiger partial charge in [-0.15, -0.1) is 0 Å². The third-order valence-corrected chi connectivity index (χ3v) is 6.24. The lowest BCUT2D eigenvalue weighted by molar-refractivity contribution is -0.140. The van der Waals surface area contributed by atoms with Gasteiger partial charge in [0.05, 0.1) is 18.3 Å². The third kappa shape index (κ3) is 4.82. The van der Waals surface area contributed by atoms with Crippen LogP contribution in [0, 0.1) is 5.82 Å². The van der Waals surface area contributed by atoms with Crippen LogP contribution in [0.4, 0.5) is 14.9 Å². The summed E-state index contributed by atoms with van der Waals surface area (Å²) in [5.74, 6) is -2.26. The summed E-state index contributed by atoms with van der Waals surface area (Å²) in [6, 6.07) is 2.59. The molecule has 0 atom stereocenters. The Morgan fingerprint density at radius 1 is 1.18 bits per heavy atom. The summed E-state index contributed by atoms with van der Waals surface area (Å²) in [5.41, 5.74) is -0.224. The average Bonchev–Trinajstić information content (AvgIpc) is 3.67. The summed E-state index contributed by atoms with van der Waals surface area (Å²) in [6.07, 6.45) is 3.81. The minimum atomic E-state index is -1.33. The molecule has 1 aromatic carbocycles. The van der Waals surface area contributed by atoms with Gasteiger partial charge in [0.1, 0.15) is 11.4 Å². The number of ether oxygens (including phenoxy) is 1. The van der Waals surface area contributed by atoms with Gasteiger partial charge in [-0.1, -0.05) is 0 Å². The number of anilines is 1. The Kier molecular flexibility index (Phi) is 6.71. The zero-order valence-electron chi connectivity index (χ0n) is 18.9. The van der Waals surface area contributed by atoms with Gasteiger partial charge < -0.3 is 29.5 Å². The Hall–Kier alpha value is -3.63. The Bertz CT molecular complexity index is 1180. The van der Waals surface area contributed by atoms with Crippen molar-refractivity contribution < 1.29 is 28.6 Å². The molecule has 0 radical (unpaired) electrons. The van der Waals surface area contributed by atoms with Crippen molar-refractivity contribution in [2.75, 3.05) is 44.7 Å². The number of carbonyl (C=O) groups excluding carboxylic acids is 2. The highest BCUT2D eigenvalue weighted by molar-refractivity contribution is 5.93. The fourth-order valence-corrected chi connectivity index (χ4v) is 4.20. The fourth-order valence-electron chi connectivity index (χ4n) is 4.20. The topological polar surface area (TPSA) is 121 Å². The summed E-state index contributed by atoms with van der Waals surface area (Å²) < 4.78 is 21.4. The fraction of sp³-hybridized carbons (Fsp3) is 0.478. The van der Waals surface area contributed by atoms with Crippen LogP contribution >= 0.6 is 0 Å². The smallest absolute Gasteiger partial charge is 0.341 e. The molecule has 2 fully saturated rings. The van der Waals surface area contributed by atoms with Crippen molar-refractivity contribution in [2.45, 2.75) is 31.7 Å². The number of aromatic nitrogens is 1. The molecular formula is C23H27FN4O6. The van der Waals surface area contributed by atoms with E-state index in [0.29, 0.717) is 50.3 Å². The lowest BCUT2D eigenvalue weighted by atomic mass is 10.1. The first kappa shape index (κ1) is 23.5. The highest BCUT2D eigenvalue weighted by atomic mass is 19.1. The number of pyridine rings is 1. The van der Waals surface area contributed by atoms with Crippen molar-refractivity contribution in [1.82, 2.24) is 14.8 Å². The molecule has 1 aromatic heterocycles. The molecule has 0 unspecified atom stereocenters. The quantitative estimate of drug-likeness (QED) is 0.465. The molecule has 2 aliphatic rings. The highest BCUT2D eigenvalue weighted by Gasteiger charge is 2.29. The van der Waals surface area contributed by atoms with E-state index >= 15 is 4.39 Å². The Morgan fingerprint density at radius 3 is 2.50 bits per heavy atom. The zero-order valence-corrected chi connectivity index (χ0v) is 18.9. The van der Waals surface area contributed by atoms with Crippen molar-refractivity contribution in [3.8, 4) is 0 Å². The predicted octanol–water partition coefficient (Wildman–Crippen LogP) is 1.96. The van der Waals surface area contributed by atoms with Crippen LogP contribution < -0.4 is 15.6 Å². The van der Waals surface area contributed by atoms with E-state index in [4.69, 9.17) is 0 Å². The molecular weight excluding hydrogens is 447 g/mol. The van der Waals surface area contributed by atoms with E-state index in [-0.39, 0.29) is 35.4 Å². The average molecular weight is 474 g/mol. The lowest BCUT2D eigenvalue weighted by Crippen LogP contribution is -2.52. The Balaban J connectivity index is 1.47. The largest absolute Gasteiger partial charge is 0.477 e. The molecule has 2 N–H and O–H groups in total. The number of benzene rings is 1. The molecule has 2 amide bonds. The maximum absolute atomic E-state index is 15.1. The summed E-state index contributed by atoms with van der Waals surface area (Å²) in [5, 5.41) is 12.2. The monoisotopic (exact) mass is 474 g/mol. The molecule has 10 nitrogen and oxygen atoms in total. The summed E-state index contributed by atoms with van der Waals surface area (Å²) >= 11 is 0. The number of rotatable bonds is 7. The number of carboxylic acid groups (broad SMARTS) is 1. The molecule has 1 aliphatic heterocycles. The molecule has 2 heterocycles. The summed E-state index contributed by atoms with van der Waals surface area (Å²) in [7, 11) is 1.32. The van der Waals surface area contributed by atoms with E-state index in [0.717, 1.165) is 18.9 Å². The van der Waals surface area contributed by atoms with Crippen LogP contribution in [0.3, 0.4) is 0 Å². The molecule has 34 heavy (non-hydrogen) atoms. The van der Waals surface area contributed by atoms with Crippen molar-refractivity contribution in [2.24, 2.45) is 0 Å². The number of fused-ring (bicyclic) bond motifs is 1. The second-order valence-corrected chi connectivity index (χ2v) is 8.52. The zero-order chi connectivity index (χ0) is 24.4. The molecule has 1 aliphatic carbocycles. The van der Waals surface area contributed by atoms with Crippen molar-refractivity contribution >= 4 is 34.6 Å². The number of nitrogens with one attached hydrogen (secondary N) is 1. The van der Waals surface area contributed by atoms with E-state index in [1.165, 1.54) is 13.3 Å². The molecule has 1 saturated heterocycles. The van der Waals surface area contributed by atoms with E-state index in [1.807, 2.05) is 4.90 Å². The third-order valence-electron chi connectivity index (χ3n) is 6.24. The SMILES string of the molecule is COC(=O)CCCNC(=O)N1CCN(c2cc3c(cc2F)c(=O)c(C(=O)O)cn3C2CC2)CC1. The first-order chi connectivity index (χ1) is 16.3. The number of hydrogen-bond acceptors (Lipinski definition) is 6. The van der Waals surface area contributed by atoms with Gasteiger partial charge in [-0.05, 0) is 31.4 Å². The van der Waals surface area contributed by atoms with Gasteiger partial charge in [-0.25, -0.2) is 14.0 Å². The van der Waals surface area contributed by atoms with Crippen LogP contribution in [-0.4, -0.2) is 72.4 Å². The maximum Gasteiger partial charge on any atom is 0.341 e. The van der Waals surface area contributed by atoms with E-state index in [2.05, 4.69) is 10.1 Å². The highest BCUT2D eigenvalue weighted by Crippen LogP contribution is 2.38. The first-order valence-electron chi connectivity index (χ1n) is 11.3. The van der Waals surface area contributed by atoms with Gasteiger partial charge >= 0.3 is 18.0 Å². The van der Waals surface area contributed by atoms with Crippen LogP contribution in [0.2, 0.25) is 0 Å². The number of aromatic carboxylic acids is 1. The van der Waals surface area contributed by atoms with Crippen LogP contribution in [0.5, 0.6) is 0 Å². The summed E-state index contributed by atoms with van der Waals surface area (Å²) in [6.45, 7) is 1.92. The van der Waals surface area contributed by atoms with Crippen LogP contribution in [0.25, 0.3) is 10.9 Å². The molecule has 11 heteroatoms. The standard InChI is InChI=1S/C23H27FN4O6/c1-34-20(29)3-2-6-25-23(33)27-9-7-26(8-10-27)19-12-18-15(11-17(19)24)21(30)16(22(31)32)13-28(18)14-4-5-14/h11-14H,2-10H2,1H3,(H,25,33)(H,31,32). The Morgan fingerprint density at radius 2 is 1.88 bits per heavy atom. The van der Waals surface area contributed by atoms with Gasteiger partial charge in [-0.2, -0.15) is 0 Å². The predicted molar refractivity (Wildman–Crippen MR) is 122 cm³/mol. The number of halogens is 1. The second-order valence-electron chi connectivity index (χ2n) is 8.52. The number of carboxylic acids is 1. The van der Waals surface area contributed by atoms with Crippen LogP contribution in [0.1, 0.15) is 42.1 Å². The number of esters is 1. The van der Waals surface area contributed by atoms with Crippen LogP contribution in [0.15, 0.2) is 23.1 Å². The van der Waals surface area contributed by atoms with E-state index in [9.17, 15) is 24.3 Å². The molecule has 0 spiro atoms. The number of methoxy groups -OCH3 is 1. The number of urea groups is 1. The summed E-state index contributed by atoms with van der Waals surface area (Å²) in [4.78, 5) is 51.1. The number of carbonyl (C=O) groups is 3. The van der Waals surface area contributed by atoms with Crippen molar-refractivity contribution in [3.63, 3.8) is 0 Å². The van der Waals surface area contributed by atoms with E-state index < -0.39 is 17.2 Å². The first-order valence-corrected chi connectivity index (χ1v) is 11.3. The van der Waals surface area contributed by atoms with Gasteiger partial charge in [0.2, 0.25) is 5.43 Å². The van der Waals surface area contributed by atoms with Crippen molar-refractivity contribution in [1.29, 1.82) is 0 Å². The number of amides is 2. The molecule has 0 bridgehead atoms. The number of nitrogens with zero attached hydrogens (tertiary/aromatic N) is 3. The maximum atomic E-state index is 15.1. The minimum absolute atomic E-state index is 0.0537. The Labute approximate surface area is 194 Å². The number of hydrogen-bond donors (Lipinski definition) is 2. The van der Waals surface area contributed by atoms with Gasteiger partial charge in [0.15, 0.2) is 0 Å². The van der Waals surface area contributed by atoms with Gasteiger partial charge in [0.25, 0.3) is 0 Å². The minimum Gasteiger partial charge on any atom is -0.477 e. The molecule has 4 rings (SSSR count). The van der Waals surface area contributed by atoms with Crippen molar-refractivity contribution in [3.05, 3.63) is 39.9 Å². The van der Waals surface area contributed by atoms with E-state index in [1.54, 1.807) is 15.5 Å². The normalized spacial score (nSPS) is 15.9. The second kappa shape index (κ2) is 9.70. The molecule has 182 valence electrons. The van der Waals surface area contributed by atoms with Gasteiger partial charge in [-0.3, -0.25) is 9.59 Å².